The van der Waals surface area contributed by atoms with Gasteiger partial charge in [0.25, 0.3) is 0 Å². The minimum Gasteiger partial charge on any atom is -0.406 e. The third-order valence-electron chi connectivity index (χ3n) is 3.31. The summed E-state index contributed by atoms with van der Waals surface area (Å²) in [6, 6.07) is 12.1. The fraction of sp³-hybridized carbons (Fsp3) is 0.235. The van der Waals surface area contributed by atoms with Crippen molar-refractivity contribution in [2.45, 2.75) is 19.3 Å². The van der Waals surface area contributed by atoms with Crippen LogP contribution in [-0.2, 0) is 4.79 Å². The number of benzene rings is 2. The fourth-order valence-corrected chi connectivity index (χ4v) is 2.19. The molecule has 0 bridgehead atoms. The second kappa shape index (κ2) is 8.22. The van der Waals surface area contributed by atoms with E-state index in [0.29, 0.717) is 10.7 Å². The number of carbonyl (C=O) groups excluding carboxylic acids is 1. The van der Waals surface area contributed by atoms with Crippen LogP contribution in [0.5, 0.6) is 5.75 Å². The normalized spacial score (nSPS) is 12.5. The monoisotopic (exact) mass is 372 g/mol. The lowest BCUT2D eigenvalue weighted by Crippen LogP contribution is -2.30. The summed E-state index contributed by atoms with van der Waals surface area (Å²) >= 11 is 5.82. The van der Waals surface area contributed by atoms with Crippen LogP contribution in [0.2, 0.25) is 5.02 Å². The van der Waals surface area contributed by atoms with Crippen molar-refractivity contribution in [3.63, 3.8) is 0 Å². The van der Waals surface area contributed by atoms with Crippen molar-refractivity contribution in [1.82, 2.24) is 5.32 Å². The SMILES string of the molecule is C[C@@H](NCC(=O)Nc1ccc(OC(F)(F)F)cc1)c1ccc(Cl)cc1. The molecule has 4 nitrogen and oxygen atoms in total. The molecule has 0 spiro atoms. The predicted octanol–water partition coefficient (Wildman–Crippen LogP) is 4.53. The summed E-state index contributed by atoms with van der Waals surface area (Å²) < 4.78 is 40.0. The van der Waals surface area contributed by atoms with Gasteiger partial charge in [-0.2, -0.15) is 0 Å². The molecule has 2 N–H and O–H groups in total. The van der Waals surface area contributed by atoms with Gasteiger partial charge in [-0.25, -0.2) is 0 Å². The molecular formula is C17H16ClF3N2O2. The Balaban J connectivity index is 1.82. The highest BCUT2D eigenvalue weighted by molar-refractivity contribution is 6.30. The third kappa shape index (κ3) is 6.64. The Bertz CT molecular complexity index is 703. The van der Waals surface area contributed by atoms with Crippen molar-refractivity contribution < 1.29 is 22.7 Å². The van der Waals surface area contributed by atoms with Crippen LogP contribution in [0.3, 0.4) is 0 Å². The summed E-state index contributed by atoms with van der Waals surface area (Å²) in [4.78, 5) is 11.9. The zero-order valence-electron chi connectivity index (χ0n) is 13.2. The van der Waals surface area contributed by atoms with Gasteiger partial charge in [0.15, 0.2) is 0 Å². The Labute approximate surface area is 147 Å². The molecule has 25 heavy (non-hydrogen) atoms. The van der Waals surface area contributed by atoms with Gasteiger partial charge in [-0.1, -0.05) is 23.7 Å². The second-order valence-corrected chi connectivity index (χ2v) is 5.71. The van der Waals surface area contributed by atoms with Crippen molar-refractivity contribution in [3.05, 3.63) is 59.1 Å². The van der Waals surface area contributed by atoms with Gasteiger partial charge in [-0.15, -0.1) is 13.2 Å². The standard InChI is InChI=1S/C17H16ClF3N2O2/c1-11(12-2-4-13(18)5-3-12)22-10-16(24)23-14-6-8-15(9-7-14)25-17(19,20)21/h2-9,11,22H,10H2,1H3,(H,23,24)/t11-/m1/s1. The molecule has 134 valence electrons. The quantitative estimate of drug-likeness (QED) is 0.783. The summed E-state index contributed by atoms with van der Waals surface area (Å²) in [6.45, 7) is 1.95. The predicted molar refractivity (Wildman–Crippen MR) is 89.6 cm³/mol. The maximum atomic E-state index is 12.1. The van der Waals surface area contributed by atoms with Crippen molar-refractivity contribution in [1.29, 1.82) is 0 Å². The molecule has 0 radical (unpaired) electrons. The highest BCUT2D eigenvalue weighted by Crippen LogP contribution is 2.24. The number of ether oxygens (including phenoxy) is 1. The molecule has 0 aromatic heterocycles. The minimum absolute atomic E-state index is 0.0462. The van der Waals surface area contributed by atoms with Crippen LogP contribution in [-0.4, -0.2) is 18.8 Å². The van der Waals surface area contributed by atoms with Crippen LogP contribution in [0.1, 0.15) is 18.5 Å². The lowest BCUT2D eigenvalue weighted by atomic mass is 10.1. The number of carbonyl (C=O) groups is 1. The van der Waals surface area contributed by atoms with Gasteiger partial charge in [-0.3, -0.25) is 4.79 Å². The molecular weight excluding hydrogens is 357 g/mol. The highest BCUT2D eigenvalue weighted by Gasteiger charge is 2.30. The van der Waals surface area contributed by atoms with Crippen LogP contribution in [0, 0.1) is 0 Å². The van der Waals surface area contributed by atoms with E-state index in [0.717, 1.165) is 17.7 Å². The smallest absolute Gasteiger partial charge is 0.406 e. The molecule has 0 heterocycles. The number of alkyl halides is 3. The van der Waals surface area contributed by atoms with Crippen LogP contribution >= 0.6 is 11.6 Å². The molecule has 0 saturated heterocycles. The molecule has 0 aliphatic rings. The van der Waals surface area contributed by atoms with Crippen molar-refractivity contribution >= 4 is 23.2 Å². The first kappa shape index (κ1) is 19.1. The molecule has 8 heteroatoms. The van der Waals surface area contributed by atoms with Gasteiger partial charge in [0.1, 0.15) is 5.75 Å². The van der Waals surface area contributed by atoms with Gasteiger partial charge in [-0.05, 0) is 48.9 Å². The molecule has 2 rings (SSSR count). The number of nitrogens with one attached hydrogen (secondary N) is 2. The Morgan fingerprint density at radius 2 is 1.72 bits per heavy atom. The summed E-state index contributed by atoms with van der Waals surface area (Å²) in [7, 11) is 0. The maximum absolute atomic E-state index is 12.1. The molecule has 1 amide bonds. The average molecular weight is 373 g/mol. The molecule has 0 unspecified atom stereocenters. The molecule has 0 aliphatic carbocycles. The molecule has 0 fully saturated rings. The fourth-order valence-electron chi connectivity index (χ4n) is 2.06. The van der Waals surface area contributed by atoms with E-state index >= 15 is 0 Å². The molecule has 2 aromatic rings. The van der Waals surface area contributed by atoms with E-state index in [2.05, 4.69) is 15.4 Å². The number of halogens is 4. The number of hydrogen-bond donors (Lipinski definition) is 2. The number of rotatable bonds is 6. The second-order valence-electron chi connectivity index (χ2n) is 5.27. The van der Waals surface area contributed by atoms with E-state index < -0.39 is 6.36 Å². The molecule has 0 saturated carbocycles. The summed E-state index contributed by atoms with van der Waals surface area (Å²) in [5.74, 6) is -0.662. The Morgan fingerprint density at radius 3 is 2.28 bits per heavy atom. The third-order valence-corrected chi connectivity index (χ3v) is 3.56. The lowest BCUT2D eigenvalue weighted by molar-refractivity contribution is -0.274. The minimum atomic E-state index is -4.74. The van der Waals surface area contributed by atoms with E-state index in [1.54, 1.807) is 12.1 Å². The zero-order chi connectivity index (χ0) is 18.4. The van der Waals surface area contributed by atoms with Gasteiger partial charge in [0.05, 0.1) is 6.54 Å². The van der Waals surface area contributed by atoms with Crippen LogP contribution in [0.25, 0.3) is 0 Å². The van der Waals surface area contributed by atoms with Crippen LogP contribution in [0.15, 0.2) is 48.5 Å². The molecule has 0 aliphatic heterocycles. The largest absolute Gasteiger partial charge is 0.573 e. The molecule has 2 aromatic carbocycles. The topological polar surface area (TPSA) is 50.4 Å². The van der Waals surface area contributed by atoms with E-state index in [-0.39, 0.29) is 24.2 Å². The van der Waals surface area contributed by atoms with Gasteiger partial charge < -0.3 is 15.4 Å². The highest BCUT2D eigenvalue weighted by atomic mass is 35.5. The van der Waals surface area contributed by atoms with Crippen molar-refractivity contribution in [2.24, 2.45) is 0 Å². The Kier molecular flexibility index (Phi) is 6.27. The lowest BCUT2D eigenvalue weighted by Gasteiger charge is -2.14. The summed E-state index contributed by atoms with van der Waals surface area (Å²) in [5.41, 5.74) is 1.35. The number of anilines is 1. The van der Waals surface area contributed by atoms with Crippen LogP contribution in [0.4, 0.5) is 18.9 Å². The average Bonchev–Trinajstić information content (AvgIpc) is 2.54. The van der Waals surface area contributed by atoms with Gasteiger partial charge in [0.2, 0.25) is 5.91 Å². The van der Waals surface area contributed by atoms with Gasteiger partial charge >= 0.3 is 6.36 Å². The number of amides is 1. The van der Waals surface area contributed by atoms with E-state index in [9.17, 15) is 18.0 Å². The first-order valence-electron chi connectivity index (χ1n) is 7.37. The first-order valence-corrected chi connectivity index (χ1v) is 7.75. The first-order chi connectivity index (χ1) is 11.7. The summed E-state index contributed by atoms with van der Waals surface area (Å²) in [6.07, 6.45) is -4.74. The van der Waals surface area contributed by atoms with Gasteiger partial charge in [0, 0.05) is 16.8 Å². The summed E-state index contributed by atoms with van der Waals surface area (Å²) in [5, 5.41) is 6.27. The van der Waals surface area contributed by atoms with E-state index in [1.165, 1.54) is 12.1 Å². The molecule has 1 atom stereocenters. The van der Waals surface area contributed by atoms with E-state index in [4.69, 9.17) is 11.6 Å². The van der Waals surface area contributed by atoms with Crippen molar-refractivity contribution in [3.8, 4) is 5.75 Å². The zero-order valence-corrected chi connectivity index (χ0v) is 14.0. The maximum Gasteiger partial charge on any atom is 0.573 e. The van der Waals surface area contributed by atoms with Crippen LogP contribution < -0.4 is 15.4 Å². The number of hydrogen-bond acceptors (Lipinski definition) is 3. The Hall–Kier alpha value is -2.25. The van der Waals surface area contributed by atoms with E-state index in [1.807, 2.05) is 19.1 Å². The van der Waals surface area contributed by atoms with Crippen molar-refractivity contribution in [2.75, 3.05) is 11.9 Å². The Morgan fingerprint density at radius 1 is 1.12 bits per heavy atom.